The Morgan fingerprint density at radius 3 is 2.89 bits per heavy atom. The Balaban J connectivity index is 1.79. The number of benzene rings is 1. The van der Waals surface area contributed by atoms with E-state index >= 15 is 0 Å². The highest BCUT2D eigenvalue weighted by Crippen LogP contribution is 2.12. The molecule has 6 heteroatoms. The number of rotatable bonds is 4. The minimum Gasteiger partial charge on any atom is -0.507 e. The van der Waals surface area contributed by atoms with Gasteiger partial charge in [-0.25, -0.2) is 0 Å². The molecule has 0 bridgehead atoms. The topological polar surface area (TPSA) is 69.8 Å². The van der Waals surface area contributed by atoms with Crippen LogP contribution in [-0.2, 0) is 6.54 Å². The van der Waals surface area contributed by atoms with Crippen LogP contribution in [0.25, 0.3) is 0 Å². The zero-order valence-electron chi connectivity index (χ0n) is 10.0. The van der Waals surface area contributed by atoms with E-state index in [1.807, 2.05) is 18.2 Å². The Kier molecular flexibility index (Phi) is 4.52. The summed E-state index contributed by atoms with van der Waals surface area (Å²) >= 11 is 5.04. The van der Waals surface area contributed by atoms with Crippen molar-refractivity contribution in [3.05, 3.63) is 54.0 Å². The molecule has 0 atom stereocenters. The maximum absolute atomic E-state index is 9.52. The van der Waals surface area contributed by atoms with Gasteiger partial charge in [0.15, 0.2) is 5.11 Å². The number of phenols is 1. The van der Waals surface area contributed by atoms with Gasteiger partial charge in [-0.3, -0.25) is 5.43 Å². The molecule has 1 aromatic carbocycles. The summed E-state index contributed by atoms with van der Waals surface area (Å²) in [5, 5.41) is 16.8. The lowest BCUT2D eigenvalue weighted by Crippen LogP contribution is -2.31. The van der Waals surface area contributed by atoms with Gasteiger partial charge in [0.05, 0.1) is 19.0 Å². The van der Waals surface area contributed by atoms with E-state index in [0.29, 0.717) is 17.2 Å². The van der Waals surface area contributed by atoms with Crippen LogP contribution in [0.1, 0.15) is 11.3 Å². The molecule has 0 aliphatic carbocycles. The van der Waals surface area contributed by atoms with Gasteiger partial charge in [0, 0.05) is 5.56 Å². The van der Waals surface area contributed by atoms with E-state index in [0.717, 1.165) is 5.76 Å². The fourth-order valence-corrected chi connectivity index (χ4v) is 1.50. The van der Waals surface area contributed by atoms with Crippen molar-refractivity contribution in [3.63, 3.8) is 0 Å². The van der Waals surface area contributed by atoms with Crippen LogP contribution < -0.4 is 10.7 Å². The summed E-state index contributed by atoms with van der Waals surface area (Å²) in [6, 6.07) is 10.6. The first kappa shape index (κ1) is 13.1. The number of aromatic hydroxyl groups is 1. The van der Waals surface area contributed by atoms with Crippen molar-refractivity contribution in [2.75, 3.05) is 0 Å². The van der Waals surface area contributed by atoms with Gasteiger partial charge < -0.3 is 14.8 Å². The largest absolute Gasteiger partial charge is 0.507 e. The zero-order valence-corrected chi connectivity index (χ0v) is 10.9. The van der Waals surface area contributed by atoms with Gasteiger partial charge in [0.1, 0.15) is 11.5 Å². The summed E-state index contributed by atoms with van der Waals surface area (Å²) in [4.78, 5) is 0. The molecular weight excluding hydrogens is 262 g/mol. The minimum atomic E-state index is 0.169. The molecule has 19 heavy (non-hydrogen) atoms. The lowest BCUT2D eigenvalue weighted by atomic mass is 10.2. The monoisotopic (exact) mass is 275 g/mol. The molecule has 0 saturated heterocycles. The molecule has 2 rings (SSSR count). The summed E-state index contributed by atoms with van der Waals surface area (Å²) < 4.78 is 5.15. The van der Waals surface area contributed by atoms with Crippen LogP contribution in [0.15, 0.2) is 52.2 Å². The lowest BCUT2D eigenvalue weighted by Gasteiger charge is -2.04. The second-order valence-electron chi connectivity index (χ2n) is 3.69. The van der Waals surface area contributed by atoms with Gasteiger partial charge in [-0.15, -0.1) is 0 Å². The molecule has 0 amide bonds. The Hall–Kier alpha value is -2.34. The van der Waals surface area contributed by atoms with E-state index < -0.39 is 0 Å². The van der Waals surface area contributed by atoms with Crippen molar-refractivity contribution in [1.29, 1.82) is 0 Å². The number of para-hydroxylation sites is 1. The third-order valence-corrected chi connectivity index (χ3v) is 2.55. The summed E-state index contributed by atoms with van der Waals surface area (Å²) in [6.45, 7) is 0.491. The number of thiocarbonyl (C=S) groups is 1. The van der Waals surface area contributed by atoms with E-state index in [9.17, 15) is 5.11 Å². The van der Waals surface area contributed by atoms with Crippen LogP contribution in [0, 0.1) is 0 Å². The van der Waals surface area contributed by atoms with Crippen LogP contribution in [0.3, 0.4) is 0 Å². The quantitative estimate of drug-likeness (QED) is 0.452. The number of furan rings is 1. The molecule has 1 aromatic heterocycles. The van der Waals surface area contributed by atoms with Gasteiger partial charge >= 0.3 is 0 Å². The average molecular weight is 275 g/mol. The highest BCUT2D eigenvalue weighted by Gasteiger charge is 1.97. The van der Waals surface area contributed by atoms with Gasteiger partial charge in [0.2, 0.25) is 0 Å². The maximum atomic E-state index is 9.52. The molecule has 98 valence electrons. The Bertz CT molecular complexity index is 567. The molecule has 0 spiro atoms. The second kappa shape index (κ2) is 6.55. The SMILES string of the molecule is Oc1ccccc1C=NNC(=S)NCc1ccco1. The van der Waals surface area contributed by atoms with Crippen LogP contribution in [0.4, 0.5) is 0 Å². The maximum Gasteiger partial charge on any atom is 0.187 e. The van der Waals surface area contributed by atoms with Crippen molar-refractivity contribution < 1.29 is 9.52 Å². The van der Waals surface area contributed by atoms with Crippen LogP contribution in [0.5, 0.6) is 5.75 Å². The number of phenolic OH excluding ortho intramolecular Hbond substituents is 1. The van der Waals surface area contributed by atoms with Gasteiger partial charge in [0.25, 0.3) is 0 Å². The number of hydrogen-bond acceptors (Lipinski definition) is 4. The fraction of sp³-hybridized carbons (Fsp3) is 0.0769. The first-order chi connectivity index (χ1) is 9.25. The second-order valence-corrected chi connectivity index (χ2v) is 4.10. The molecule has 0 saturated carbocycles. The first-order valence-electron chi connectivity index (χ1n) is 5.63. The van der Waals surface area contributed by atoms with Crippen molar-refractivity contribution in [3.8, 4) is 5.75 Å². The smallest absolute Gasteiger partial charge is 0.187 e. The molecule has 0 unspecified atom stereocenters. The zero-order chi connectivity index (χ0) is 13.5. The van der Waals surface area contributed by atoms with Crippen molar-refractivity contribution in [2.45, 2.75) is 6.54 Å². The highest BCUT2D eigenvalue weighted by molar-refractivity contribution is 7.80. The standard InChI is InChI=1S/C13H13N3O2S/c17-12-6-2-1-4-10(12)8-15-16-13(19)14-9-11-5-3-7-18-11/h1-8,17H,9H2,(H2,14,16,19). The number of hydrogen-bond donors (Lipinski definition) is 3. The van der Waals surface area contributed by atoms with E-state index in [-0.39, 0.29) is 5.75 Å². The molecule has 5 nitrogen and oxygen atoms in total. The Morgan fingerprint density at radius 2 is 2.16 bits per heavy atom. The predicted molar refractivity (Wildman–Crippen MR) is 77.0 cm³/mol. The number of hydrazone groups is 1. The van der Waals surface area contributed by atoms with Gasteiger partial charge in [-0.2, -0.15) is 5.10 Å². The van der Waals surface area contributed by atoms with Crippen molar-refractivity contribution in [1.82, 2.24) is 10.7 Å². The third-order valence-electron chi connectivity index (χ3n) is 2.31. The normalized spacial score (nSPS) is 10.5. The van der Waals surface area contributed by atoms with Crippen molar-refractivity contribution >= 4 is 23.5 Å². The summed E-state index contributed by atoms with van der Waals surface area (Å²) in [5.74, 6) is 0.955. The highest BCUT2D eigenvalue weighted by atomic mass is 32.1. The first-order valence-corrected chi connectivity index (χ1v) is 6.04. The van der Waals surface area contributed by atoms with E-state index in [2.05, 4.69) is 15.8 Å². The summed E-state index contributed by atoms with van der Waals surface area (Å²) in [6.07, 6.45) is 3.10. The molecule has 0 aliphatic heterocycles. The van der Waals surface area contributed by atoms with Crippen molar-refractivity contribution in [2.24, 2.45) is 5.10 Å². The molecular formula is C13H13N3O2S. The lowest BCUT2D eigenvalue weighted by molar-refractivity contribution is 0.474. The third kappa shape index (κ3) is 4.11. The molecule has 0 aliphatic rings. The summed E-state index contributed by atoms with van der Waals surface area (Å²) in [5.41, 5.74) is 3.27. The van der Waals surface area contributed by atoms with Crippen LogP contribution in [-0.4, -0.2) is 16.4 Å². The van der Waals surface area contributed by atoms with Gasteiger partial charge in [-0.05, 0) is 36.5 Å². The molecule has 1 heterocycles. The van der Waals surface area contributed by atoms with Gasteiger partial charge in [-0.1, -0.05) is 12.1 Å². The average Bonchev–Trinajstić information content (AvgIpc) is 2.92. The molecule has 2 aromatic rings. The minimum absolute atomic E-state index is 0.169. The van der Waals surface area contributed by atoms with E-state index in [1.54, 1.807) is 24.5 Å². The predicted octanol–water partition coefficient (Wildman–Crippen LogP) is 1.98. The summed E-state index contributed by atoms with van der Waals surface area (Å²) in [7, 11) is 0. The fourth-order valence-electron chi connectivity index (χ4n) is 1.38. The molecule has 3 N–H and O–H groups in total. The Labute approximate surface area is 115 Å². The molecule has 0 radical (unpaired) electrons. The Morgan fingerprint density at radius 1 is 1.32 bits per heavy atom. The number of nitrogens with one attached hydrogen (secondary N) is 2. The van der Waals surface area contributed by atoms with Crippen LogP contribution >= 0.6 is 12.2 Å². The van der Waals surface area contributed by atoms with E-state index in [4.69, 9.17) is 16.6 Å². The van der Waals surface area contributed by atoms with Crippen LogP contribution in [0.2, 0.25) is 0 Å². The number of nitrogens with zero attached hydrogens (tertiary/aromatic N) is 1. The molecule has 0 fully saturated rings. The van der Waals surface area contributed by atoms with E-state index in [1.165, 1.54) is 6.21 Å².